The average molecular weight is 414 g/mol. The highest BCUT2D eigenvalue weighted by atomic mass is 35.5. The maximum atomic E-state index is 12.4. The first-order chi connectivity index (χ1) is 12.9. The van der Waals surface area contributed by atoms with Crippen molar-refractivity contribution in [2.24, 2.45) is 0 Å². The van der Waals surface area contributed by atoms with Gasteiger partial charge in [0, 0.05) is 17.1 Å². The van der Waals surface area contributed by atoms with Crippen LogP contribution in [0.25, 0.3) is 11.4 Å². The number of benzene rings is 1. The van der Waals surface area contributed by atoms with Crippen molar-refractivity contribution in [1.29, 1.82) is 0 Å². The molecule has 27 heavy (non-hydrogen) atoms. The molecule has 0 saturated carbocycles. The van der Waals surface area contributed by atoms with Crippen molar-refractivity contribution >= 4 is 27.6 Å². The first-order valence-corrected chi connectivity index (χ1v) is 10.6. The zero-order valence-electron chi connectivity index (χ0n) is 14.8. The molecular weight excluding hydrogens is 394 g/mol. The predicted molar refractivity (Wildman–Crippen MR) is 98.3 cm³/mol. The van der Waals surface area contributed by atoms with E-state index in [2.05, 4.69) is 10.1 Å². The Kier molecular flexibility index (Phi) is 6.13. The van der Waals surface area contributed by atoms with Gasteiger partial charge in [0.2, 0.25) is 15.8 Å². The lowest BCUT2D eigenvalue weighted by Gasteiger charge is -2.22. The molecule has 146 valence electrons. The number of sulfonamides is 1. The van der Waals surface area contributed by atoms with Gasteiger partial charge in [-0.2, -0.15) is 9.29 Å². The van der Waals surface area contributed by atoms with E-state index < -0.39 is 22.0 Å². The number of esters is 1. The summed E-state index contributed by atoms with van der Waals surface area (Å²) in [6.45, 7) is 1.91. The van der Waals surface area contributed by atoms with Crippen LogP contribution in [0, 0.1) is 0 Å². The van der Waals surface area contributed by atoms with E-state index in [0.717, 1.165) is 0 Å². The summed E-state index contributed by atoms with van der Waals surface area (Å²) in [6.07, 6.45) is 1.57. The maximum Gasteiger partial charge on any atom is 0.324 e. The molecule has 3 rings (SSSR count). The molecular formula is C17H20ClN3O5S. The number of ether oxygens (including phenoxy) is 1. The standard InChI is InChI=1S/C17H20ClN3O5S/c1-2-10-27(23,24)21-9-3-4-14(21)17(22)25-11-15-19-16(20-26-15)12-5-7-13(18)8-6-12/h5-8,14H,2-4,9-11H2,1H3. The molecule has 0 aliphatic carbocycles. The Morgan fingerprint density at radius 1 is 1.37 bits per heavy atom. The molecule has 0 amide bonds. The number of rotatable bonds is 7. The van der Waals surface area contributed by atoms with Crippen molar-refractivity contribution in [3.8, 4) is 11.4 Å². The van der Waals surface area contributed by atoms with E-state index in [1.165, 1.54) is 4.31 Å². The maximum absolute atomic E-state index is 12.4. The van der Waals surface area contributed by atoms with Gasteiger partial charge in [0.15, 0.2) is 6.61 Å². The van der Waals surface area contributed by atoms with Gasteiger partial charge < -0.3 is 9.26 Å². The summed E-state index contributed by atoms with van der Waals surface area (Å²) in [5, 5.41) is 4.44. The van der Waals surface area contributed by atoms with Gasteiger partial charge in [-0.1, -0.05) is 23.7 Å². The Morgan fingerprint density at radius 2 is 2.11 bits per heavy atom. The minimum Gasteiger partial charge on any atom is -0.454 e. The molecule has 1 unspecified atom stereocenters. The second-order valence-electron chi connectivity index (χ2n) is 6.21. The summed E-state index contributed by atoms with van der Waals surface area (Å²) in [5.74, 6) is -0.0938. The van der Waals surface area contributed by atoms with Crippen LogP contribution in [-0.2, 0) is 26.2 Å². The average Bonchev–Trinajstić information content (AvgIpc) is 3.30. The summed E-state index contributed by atoms with van der Waals surface area (Å²) < 4.78 is 36.1. The molecule has 1 fully saturated rings. The molecule has 8 nitrogen and oxygen atoms in total. The fraction of sp³-hybridized carbons (Fsp3) is 0.471. The Morgan fingerprint density at radius 3 is 2.81 bits per heavy atom. The topological polar surface area (TPSA) is 103 Å². The van der Waals surface area contributed by atoms with E-state index in [-0.39, 0.29) is 18.3 Å². The van der Waals surface area contributed by atoms with Crippen LogP contribution in [0.1, 0.15) is 32.1 Å². The molecule has 1 aliphatic rings. The van der Waals surface area contributed by atoms with Gasteiger partial charge >= 0.3 is 5.97 Å². The molecule has 2 heterocycles. The summed E-state index contributed by atoms with van der Waals surface area (Å²) >= 11 is 5.85. The van der Waals surface area contributed by atoms with Gasteiger partial charge in [-0.15, -0.1) is 0 Å². The third kappa shape index (κ3) is 4.66. The molecule has 1 atom stereocenters. The van der Waals surface area contributed by atoms with Gasteiger partial charge in [-0.25, -0.2) is 8.42 Å². The Balaban J connectivity index is 1.61. The molecule has 0 N–H and O–H groups in total. The van der Waals surface area contributed by atoms with Crippen molar-refractivity contribution < 1.29 is 22.5 Å². The SMILES string of the molecule is CCCS(=O)(=O)N1CCCC1C(=O)OCc1nc(-c2ccc(Cl)cc2)no1. The highest BCUT2D eigenvalue weighted by molar-refractivity contribution is 7.89. The smallest absolute Gasteiger partial charge is 0.324 e. The third-order valence-electron chi connectivity index (χ3n) is 4.20. The number of nitrogens with zero attached hydrogens (tertiary/aromatic N) is 3. The van der Waals surface area contributed by atoms with Crippen LogP contribution in [-0.4, -0.2) is 47.2 Å². The minimum absolute atomic E-state index is 0.0187. The number of hydrogen-bond acceptors (Lipinski definition) is 7. The van der Waals surface area contributed by atoms with Crippen molar-refractivity contribution in [2.75, 3.05) is 12.3 Å². The Bertz CT molecular complexity index is 898. The summed E-state index contributed by atoms with van der Waals surface area (Å²) in [6, 6.07) is 6.12. The molecule has 0 spiro atoms. The van der Waals surface area contributed by atoms with E-state index in [0.29, 0.717) is 42.2 Å². The molecule has 1 aromatic heterocycles. The summed E-state index contributed by atoms with van der Waals surface area (Å²) in [7, 11) is -3.45. The van der Waals surface area contributed by atoms with Crippen LogP contribution in [0.2, 0.25) is 5.02 Å². The van der Waals surface area contributed by atoms with E-state index in [9.17, 15) is 13.2 Å². The van der Waals surface area contributed by atoms with Gasteiger partial charge in [0.1, 0.15) is 6.04 Å². The van der Waals surface area contributed by atoms with Gasteiger partial charge in [0.05, 0.1) is 5.75 Å². The molecule has 2 aromatic rings. The molecule has 0 radical (unpaired) electrons. The largest absolute Gasteiger partial charge is 0.454 e. The number of carbonyl (C=O) groups is 1. The van der Waals surface area contributed by atoms with E-state index in [4.69, 9.17) is 20.9 Å². The van der Waals surface area contributed by atoms with Gasteiger partial charge in [-0.3, -0.25) is 4.79 Å². The normalized spacial score (nSPS) is 17.9. The van der Waals surface area contributed by atoms with Crippen molar-refractivity contribution in [3.05, 3.63) is 35.2 Å². The van der Waals surface area contributed by atoms with E-state index in [1.54, 1.807) is 31.2 Å². The zero-order chi connectivity index (χ0) is 19.4. The quantitative estimate of drug-likeness (QED) is 0.642. The number of hydrogen-bond donors (Lipinski definition) is 0. The fourth-order valence-corrected chi connectivity index (χ4v) is 4.81. The van der Waals surface area contributed by atoms with Crippen LogP contribution in [0.4, 0.5) is 0 Å². The van der Waals surface area contributed by atoms with Gasteiger partial charge in [-0.05, 0) is 43.5 Å². The second-order valence-corrected chi connectivity index (χ2v) is 8.69. The second kappa shape index (κ2) is 8.37. The first-order valence-electron chi connectivity index (χ1n) is 8.65. The molecule has 1 aromatic carbocycles. The minimum atomic E-state index is -3.45. The molecule has 1 saturated heterocycles. The van der Waals surface area contributed by atoms with Crippen LogP contribution in [0.3, 0.4) is 0 Å². The van der Waals surface area contributed by atoms with Crippen molar-refractivity contribution in [3.63, 3.8) is 0 Å². The van der Waals surface area contributed by atoms with E-state index in [1.807, 2.05) is 0 Å². The Hall–Kier alpha value is -1.97. The number of halogens is 1. The lowest BCUT2D eigenvalue weighted by Crippen LogP contribution is -2.42. The van der Waals surface area contributed by atoms with Crippen LogP contribution >= 0.6 is 11.6 Å². The highest BCUT2D eigenvalue weighted by Gasteiger charge is 2.39. The van der Waals surface area contributed by atoms with E-state index >= 15 is 0 Å². The Labute approximate surface area is 162 Å². The van der Waals surface area contributed by atoms with Gasteiger partial charge in [0.25, 0.3) is 5.89 Å². The van der Waals surface area contributed by atoms with Crippen LogP contribution < -0.4 is 0 Å². The molecule has 0 bridgehead atoms. The number of aromatic nitrogens is 2. The zero-order valence-corrected chi connectivity index (χ0v) is 16.4. The number of carbonyl (C=O) groups excluding carboxylic acids is 1. The van der Waals surface area contributed by atoms with Crippen LogP contribution in [0.15, 0.2) is 28.8 Å². The lowest BCUT2D eigenvalue weighted by atomic mass is 10.2. The fourth-order valence-electron chi connectivity index (χ4n) is 2.94. The summed E-state index contributed by atoms with van der Waals surface area (Å²) in [5.41, 5.74) is 0.716. The third-order valence-corrected chi connectivity index (χ3v) is 6.53. The highest BCUT2D eigenvalue weighted by Crippen LogP contribution is 2.24. The summed E-state index contributed by atoms with van der Waals surface area (Å²) in [4.78, 5) is 16.5. The van der Waals surface area contributed by atoms with Crippen LogP contribution in [0.5, 0.6) is 0 Å². The molecule has 1 aliphatic heterocycles. The molecule has 10 heteroatoms. The monoisotopic (exact) mass is 413 g/mol. The lowest BCUT2D eigenvalue weighted by molar-refractivity contribution is -0.149. The van der Waals surface area contributed by atoms with Crippen molar-refractivity contribution in [2.45, 2.75) is 38.8 Å². The predicted octanol–water partition coefficient (Wildman–Crippen LogP) is 2.64. The van der Waals surface area contributed by atoms with Crippen molar-refractivity contribution in [1.82, 2.24) is 14.4 Å². The first kappa shape index (κ1) is 19.8.